The van der Waals surface area contributed by atoms with Crippen LogP contribution in [0.4, 0.5) is 5.69 Å². The van der Waals surface area contributed by atoms with E-state index in [1.807, 2.05) is 0 Å². The number of nitrogens with zero attached hydrogens (tertiary/aromatic N) is 1. The van der Waals surface area contributed by atoms with Crippen LogP contribution in [0.25, 0.3) is 0 Å². The molecule has 0 aliphatic rings. The highest BCUT2D eigenvalue weighted by Crippen LogP contribution is 2.23. The zero-order chi connectivity index (χ0) is 13.1. The van der Waals surface area contributed by atoms with Gasteiger partial charge in [0.15, 0.2) is 0 Å². The highest BCUT2D eigenvalue weighted by atomic mass is 35.5. The maximum absolute atomic E-state index is 11.2. The number of aromatic nitrogens is 2. The SMILES string of the molecule is CC(CCC(C)(C)C)Nc1cn[nH]c(=O)c1Cl. The molecule has 1 unspecified atom stereocenters. The molecule has 1 rings (SSSR count). The first-order chi connectivity index (χ1) is 7.79. The fourth-order valence-corrected chi connectivity index (χ4v) is 1.62. The second-order valence-electron chi connectivity index (χ2n) is 5.57. The lowest BCUT2D eigenvalue weighted by molar-refractivity contribution is 0.357. The van der Waals surface area contributed by atoms with Crippen molar-refractivity contribution in [3.63, 3.8) is 0 Å². The Morgan fingerprint density at radius 1 is 1.53 bits per heavy atom. The van der Waals surface area contributed by atoms with Crippen molar-refractivity contribution in [1.82, 2.24) is 10.2 Å². The monoisotopic (exact) mass is 257 g/mol. The third kappa shape index (κ3) is 4.77. The summed E-state index contributed by atoms with van der Waals surface area (Å²) in [5.74, 6) is 0. The summed E-state index contributed by atoms with van der Waals surface area (Å²) in [4.78, 5) is 11.2. The van der Waals surface area contributed by atoms with E-state index in [-0.39, 0.29) is 16.6 Å². The van der Waals surface area contributed by atoms with Crippen molar-refractivity contribution in [3.05, 3.63) is 21.6 Å². The van der Waals surface area contributed by atoms with Gasteiger partial charge < -0.3 is 5.32 Å². The molecule has 1 aromatic rings. The summed E-state index contributed by atoms with van der Waals surface area (Å²) in [6.07, 6.45) is 3.67. The molecule has 96 valence electrons. The molecule has 5 heteroatoms. The van der Waals surface area contributed by atoms with Crippen molar-refractivity contribution in [2.24, 2.45) is 5.41 Å². The number of nitrogens with one attached hydrogen (secondary N) is 2. The molecule has 0 saturated carbocycles. The van der Waals surface area contributed by atoms with Crippen LogP contribution in [-0.4, -0.2) is 16.2 Å². The Labute approximate surface area is 107 Å². The zero-order valence-electron chi connectivity index (χ0n) is 10.8. The summed E-state index contributed by atoms with van der Waals surface area (Å²) in [7, 11) is 0. The van der Waals surface area contributed by atoms with E-state index in [4.69, 9.17) is 11.6 Å². The van der Waals surface area contributed by atoms with E-state index < -0.39 is 0 Å². The van der Waals surface area contributed by atoms with Gasteiger partial charge in [0.05, 0.1) is 11.9 Å². The molecule has 0 spiro atoms. The van der Waals surface area contributed by atoms with Crippen LogP contribution < -0.4 is 10.9 Å². The zero-order valence-corrected chi connectivity index (χ0v) is 11.6. The van der Waals surface area contributed by atoms with E-state index in [1.54, 1.807) is 0 Å². The van der Waals surface area contributed by atoms with Gasteiger partial charge in [-0.05, 0) is 25.2 Å². The van der Waals surface area contributed by atoms with E-state index in [2.05, 4.69) is 43.2 Å². The Balaban J connectivity index is 2.59. The standard InChI is InChI=1S/C12H20ClN3O/c1-8(5-6-12(2,3)4)15-9-7-14-16-11(17)10(9)13/h7-8H,5-6H2,1-4H3,(H2,15,16,17). The molecule has 1 aromatic heterocycles. The molecular weight excluding hydrogens is 238 g/mol. The Bertz CT molecular complexity index is 422. The summed E-state index contributed by atoms with van der Waals surface area (Å²) in [6.45, 7) is 8.70. The Morgan fingerprint density at radius 2 is 2.18 bits per heavy atom. The summed E-state index contributed by atoms with van der Waals surface area (Å²) in [5, 5.41) is 9.39. The molecule has 0 bridgehead atoms. The van der Waals surface area contributed by atoms with E-state index in [1.165, 1.54) is 6.20 Å². The summed E-state index contributed by atoms with van der Waals surface area (Å²) < 4.78 is 0. The number of anilines is 1. The molecule has 0 aromatic carbocycles. The van der Waals surface area contributed by atoms with Crippen molar-refractivity contribution in [2.75, 3.05) is 5.32 Å². The Kier molecular flexibility index (Phi) is 4.57. The third-order valence-electron chi connectivity index (χ3n) is 2.52. The average molecular weight is 258 g/mol. The van der Waals surface area contributed by atoms with Crippen molar-refractivity contribution >= 4 is 17.3 Å². The topological polar surface area (TPSA) is 57.8 Å². The van der Waals surface area contributed by atoms with Crippen molar-refractivity contribution in [1.29, 1.82) is 0 Å². The molecule has 1 atom stereocenters. The molecule has 2 N–H and O–H groups in total. The minimum absolute atomic E-state index is 0.169. The molecule has 0 fully saturated rings. The van der Waals surface area contributed by atoms with Gasteiger partial charge in [0.1, 0.15) is 5.02 Å². The summed E-state index contributed by atoms with van der Waals surface area (Å²) in [5.41, 5.74) is 0.545. The molecule has 0 aliphatic heterocycles. The molecule has 0 aliphatic carbocycles. The fraction of sp³-hybridized carbons (Fsp3) is 0.667. The lowest BCUT2D eigenvalue weighted by atomic mass is 9.89. The highest BCUT2D eigenvalue weighted by Gasteiger charge is 2.13. The van der Waals surface area contributed by atoms with Gasteiger partial charge in [0, 0.05) is 6.04 Å². The number of hydrogen-bond acceptors (Lipinski definition) is 3. The molecule has 4 nitrogen and oxygen atoms in total. The second kappa shape index (κ2) is 5.54. The van der Waals surface area contributed by atoms with Crippen LogP contribution in [0, 0.1) is 5.41 Å². The molecule has 0 saturated heterocycles. The number of rotatable bonds is 4. The van der Waals surface area contributed by atoms with Crippen LogP contribution >= 0.6 is 11.6 Å². The summed E-state index contributed by atoms with van der Waals surface area (Å²) in [6, 6.07) is 0.260. The van der Waals surface area contributed by atoms with Crippen LogP contribution in [0.15, 0.2) is 11.0 Å². The van der Waals surface area contributed by atoms with Crippen LogP contribution in [0.5, 0.6) is 0 Å². The third-order valence-corrected chi connectivity index (χ3v) is 2.90. The summed E-state index contributed by atoms with van der Waals surface area (Å²) >= 11 is 5.88. The Hall–Kier alpha value is -1.03. The first-order valence-electron chi connectivity index (χ1n) is 5.79. The lowest BCUT2D eigenvalue weighted by Gasteiger charge is -2.22. The molecule has 17 heavy (non-hydrogen) atoms. The van der Waals surface area contributed by atoms with E-state index in [9.17, 15) is 4.79 Å². The predicted molar refractivity (Wildman–Crippen MR) is 71.6 cm³/mol. The van der Waals surface area contributed by atoms with Gasteiger partial charge in [-0.2, -0.15) is 5.10 Å². The number of halogens is 1. The number of H-pyrrole nitrogens is 1. The lowest BCUT2D eigenvalue weighted by Crippen LogP contribution is -2.20. The smallest absolute Gasteiger partial charge is 0.285 e. The largest absolute Gasteiger partial charge is 0.380 e. The quantitative estimate of drug-likeness (QED) is 0.872. The van der Waals surface area contributed by atoms with Crippen LogP contribution in [0.3, 0.4) is 0 Å². The molecular formula is C12H20ClN3O. The van der Waals surface area contributed by atoms with Gasteiger partial charge in [0.25, 0.3) is 5.56 Å². The van der Waals surface area contributed by atoms with E-state index in [0.717, 1.165) is 12.8 Å². The minimum Gasteiger partial charge on any atom is -0.380 e. The fourth-order valence-electron chi connectivity index (χ4n) is 1.47. The highest BCUT2D eigenvalue weighted by molar-refractivity contribution is 6.32. The van der Waals surface area contributed by atoms with Gasteiger partial charge in [-0.3, -0.25) is 4.79 Å². The minimum atomic E-state index is -0.361. The van der Waals surface area contributed by atoms with E-state index >= 15 is 0 Å². The Morgan fingerprint density at radius 3 is 2.76 bits per heavy atom. The van der Waals surface area contributed by atoms with Gasteiger partial charge in [-0.15, -0.1) is 0 Å². The molecule has 0 radical (unpaired) electrons. The van der Waals surface area contributed by atoms with Gasteiger partial charge in [-0.25, -0.2) is 5.10 Å². The number of hydrogen-bond donors (Lipinski definition) is 2. The van der Waals surface area contributed by atoms with Crippen molar-refractivity contribution in [3.8, 4) is 0 Å². The van der Waals surface area contributed by atoms with Crippen LogP contribution in [-0.2, 0) is 0 Å². The van der Waals surface area contributed by atoms with Crippen LogP contribution in [0.1, 0.15) is 40.5 Å². The maximum atomic E-state index is 11.2. The second-order valence-corrected chi connectivity index (χ2v) is 5.95. The predicted octanol–water partition coefficient (Wildman–Crippen LogP) is 3.05. The average Bonchev–Trinajstić information content (AvgIpc) is 2.21. The van der Waals surface area contributed by atoms with Crippen LogP contribution in [0.2, 0.25) is 5.02 Å². The first-order valence-corrected chi connectivity index (χ1v) is 6.17. The van der Waals surface area contributed by atoms with Gasteiger partial charge >= 0.3 is 0 Å². The normalized spacial score (nSPS) is 13.5. The van der Waals surface area contributed by atoms with Gasteiger partial charge in [0.2, 0.25) is 0 Å². The maximum Gasteiger partial charge on any atom is 0.285 e. The molecule has 1 heterocycles. The molecule has 0 amide bonds. The van der Waals surface area contributed by atoms with Gasteiger partial charge in [-0.1, -0.05) is 32.4 Å². The number of aromatic amines is 1. The van der Waals surface area contributed by atoms with Crippen molar-refractivity contribution < 1.29 is 0 Å². The first kappa shape index (κ1) is 14.0. The van der Waals surface area contributed by atoms with E-state index in [0.29, 0.717) is 11.1 Å². The van der Waals surface area contributed by atoms with Crippen molar-refractivity contribution in [2.45, 2.75) is 46.6 Å².